The summed E-state index contributed by atoms with van der Waals surface area (Å²) in [5, 5.41) is 6.93. The summed E-state index contributed by atoms with van der Waals surface area (Å²) in [6.07, 6.45) is 3.54. The normalized spacial score (nSPS) is 10.3. The Bertz CT molecular complexity index is 261. The molecule has 0 radical (unpaired) electrons. The van der Waals surface area contributed by atoms with E-state index in [9.17, 15) is 0 Å². The maximum Gasteiger partial charge on any atom is 0.0934 e. The molecule has 0 fully saturated rings. The molecule has 0 saturated carbocycles. The molecule has 1 heterocycles. The van der Waals surface area contributed by atoms with Crippen molar-refractivity contribution in [1.29, 1.82) is 0 Å². The minimum Gasteiger partial charge on any atom is -0.264 e. The van der Waals surface area contributed by atoms with Crippen molar-refractivity contribution in [2.45, 2.75) is 4.90 Å². The van der Waals surface area contributed by atoms with Crippen LogP contribution in [0.15, 0.2) is 39.6 Å². The van der Waals surface area contributed by atoms with E-state index in [-0.39, 0.29) is 0 Å². The second kappa shape index (κ2) is 5.79. The van der Waals surface area contributed by atoms with Gasteiger partial charge in [-0.15, -0.1) is 0 Å². The zero-order valence-corrected chi connectivity index (χ0v) is 7.88. The molecule has 0 unspecified atom stereocenters. The van der Waals surface area contributed by atoms with Crippen molar-refractivity contribution in [3.63, 3.8) is 0 Å². The van der Waals surface area contributed by atoms with E-state index in [2.05, 4.69) is 21.9 Å². The molecule has 0 atom stereocenters. The smallest absolute Gasteiger partial charge is 0.0934 e. The first-order valence-corrected chi connectivity index (χ1v) is 5.35. The molecule has 1 rings (SSSR count). The van der Waals surface area contributed by atoms with Crippen molar-refractivity contribution in [2.24, 2.45) is 10.2 Å². The lowest BCUT2D eigenvalue weighted by Crippen LogP contribution is -1.69. The van der Waals surface area contributed by atoms with Gasteiger partial charge in [-0.25, -0.2) is 0 Å². The summed E-state index contributed by atoms with van der Waals surface area (Å²) in [7, 11) is 3.06. The maximum atomic E-state index is 3.97. The summed E-state index contributed by atoms with van der Waals surface area (Å²) in [6.45, 7) is 3.22. The Balaban J connectivity index is 2.33. The molecule has 0 N–H and O–H groups in total. The van der Waals surface area contributed by atoms with E-state index < -0.39 is 0 Å². The van der Waals surface area contributed by atoms with Gasteiger partial charge in [0.15, 0.2) is 0 Å². The van der Waals surface area contributed by atoms with E-state index in [1.165, 1.54) is 10.8 Å². The Kier molecular flexibility index (Phi) is 4.48. The van der Waals surface area contributed by atoms with E-state index in [4.69, 9.17) is 0 Å². The van der Waals surface area contributed by atoms with Crippen molar-refractivity contribution in [1.82, 2.24) is 4.98 Å². The predicted molar refractivity (Wildman–Crippen MR) is 55.7 cm³/mol. The highest BCUT2D eigenvalue weighted by molar-refractivity contribution is 8.81. The molecule has 0 aromatic carbocycles. The molecule has 0 aliphatic rings. The number of hydrogen-bond donors (Lipinski definition) is 0. The molecule has 0 aliphatic carbocycles. The zero-order valence-electron chi connectivity index (χ0n) is 6.25. The molecule has 0 amide bonds. The standard InChI is InChI=1S/C7H7N3S2/c1-8-10-6-11-12-7-3-2-4-9-5-7/h2-6H,1H2. The lowest BCUT2D eigenvalue weighted by molar-refractivity contribution is 1.24. The van der Waals surface area contributed by atoms with Gasteiger partial charge in [0.25, 0.3) is 0 Å². The molecular formula is C7H7N3S2. The van der Waals surface area contributed by atoms with Gasteiger partial charge in [0.2, 0.25) is 0 Å². The molecule has 0 bridgehead atoms. The Morgan fingerprint density at radius 1 is 1.58 bits per heavy atom. The fraction of sp³-hybridized carbons (Fsp3) is 0. The number of pyridine rings is 1. The first-order chi connectivity index (χ1) is 5.93. The molecule has 62 valence electrons. The van der Waals surface area contributed by atoms with E-state index in [1.807, 2.05) is 12.1 Å². The molecule has 1 aromatic heterocycles. The molecule has 1 aromatic rings. The van der Waals surface area contributed by atoms with Crippen LogP contribution in [-0.4, -0.2) is 17.2 Å². The average molecular weight is 197 g/mol. The largest absolute Gasteiger partial charge is 0.264 e. The second-order valence-electron chi connectivity index (χ2n) is 1.73. The summed E-state index contributed by atoms with van der Waals surface area (Å²) >= 11 is 0. The van der Waals surface area contributed by atoms with Crippen LogP contribution in [0.5, 0.6) is 0 Å². The third kappa shape index (κ3) is 3.54. The molecule has 12 heavy (non-hydrogen) atoms. The summed E-state index contributed by atoms with van der Waals surface area (Å²) < 4.78 is 0. The quantitative estimate of drug-likeness (QED) is 0.322. The van der Waals surface area contributed by atoms with Gasteiger partial charge in [-0.3, -0.25) is 4.98 Å². The van der Waals surface area contributed by atoms with E-state index >= 15 is 0 Å². The Morgan fingerprint density at radius 3 is 3.17 bits per heavy atom. The Labute approximate surface area is 78.8 Å². The summed E-state index contributed by atoms with van der Waals surface area (Å²) in [5.74, 6) is 0. The van der Waals surface area contributed by atoms with Crippen LogP contribution in [0.25, 0.3) is 0 Å². The minimum absolute atomic E-state index is 1.10. The monoisotopic (exact) mass is 197 g/mol. The molecular weight excluding hydrogens is 190 g/mol. The van der Waals surface area contributed by atoms with Crippen LogP contribution in [0.2, 0.25) is 0 Å². The highest BCUT2D eigenvalue weighted by atomic mass is 33.1. The van der Waals surface area contributed by atoms with Gasteiger partial charge in [0, 0.05) is 24.0 Å². The number of rotatable bonds is 4. The van der Waals surface area contributed by atoms with Crippen LogP contribution in [0.4, 0.5) is 0 Å². The summed E-state index contributed by atoms with van der Waals surface area (Å²) in [6, 6.07) is 3.88. The molecule has 0 saturated heterocycles. The Morgan fingerprint density at radius 2 is 2.50 bits per heavy atom. The van der Waals surface area contributed by atoms with Crippen LogP contribution in [0.3, 0.4) is 0 Å². The first-order valence-electron chi connectivity index (χ1n) is 3.14. The third-order valence-corrected chi connectivity index (χ3v) is 2.79. The molecule has 0 aliphatic heterocycles. The van der Waals surface area contributed by atoms with Crippen LogP contribution in [0, 0.1) is 0 Å². The van der Waals surface area contributed by atoms with Gasteiger partial charge >= 0.3 is 0 Å². The highest BCUT2D eigenvalue weighted by Gasteiger charge is 1.89. The fourth-order valence-corrected chi connectivity index (χ4v) is 1.90. The lowest BCUT2D eigenvalue weighted by Gasteiger charge is -1.92. The minimum atomic E-state index is 1.10. The maximum absolute atomic E-state index is 3.97. The third-order valence-electron chi connectivity index (χ3n) is 0.951. The van der Waals surface area contributed by atoms with Crippen LogP contribution < -0.4 is 0 Å². The van der Waals surface area contributed by atoms with Gasteiger partial charge < -0.3 is 0 Å². The average Bonchev–Trinajstić information content (AvgIpc) is 2.14. The first kappa shape index (κ1) is 9.28. The van der Waals surface area contributed by atoms with Crippen molar-refractivity contribution >= 4 is 33.9 Å². The van der Waals surface area contributed by atoms with Crippen molar-refractivity contribution in [2.75, 3.05) is 0 Å². The van der Waals surface area contributed by atoms with E-state index in [1.54, 1.807) is 28.7 Å². The van der Waals surface area contributed by atoms with Crippen molar-refractivity contribution < 1.29 is 0 Å². The fourth-order valence-electron chi connectivity index (χ4n) is 0.526. The highest BCUT2D eigenvalue weighted by Crippen LogP contribution is 2.27. The predicted octanol–water partition coefficient (Wildman–Crippen LogP) is 2.47. The SMILES string of the molecule is C=NN=CSSc1cccnc1. The molecule has 0 spiro atoms. The van der Waals surface area contributed by atoms with Gasteiger partial charge in [-0.1, -0.05) is 0 Å². The lowest BCUT2D eigenvalue weighted by atomic mass is 10.5. The summed E-state index contributed by atoms with van der Waals surface area (Å²) in [4.78, 5) is 5.06. The van der Waals surface area contributed by atoms with Crippen molar-refractivity contribution in [3.05, 3.63) is 24.5 Å². The van der Waals surface area contributed by atoms with Gasteiger partial charge in [0.1, 0.15) is 0 Å². The number of aromatic nitrogens is 1. The second-order valence-corrected chi connectivity index (χ2v) is 3.85. The Hall–Kier alpha value is -0.810. The van der Waals surface area contributed by atoms with E-state index in [0.717, 1.165) is 4.90 Å². The number of nitrogens with zero attached hydrogens (tertiary/aromatic N) is 3. The van der Waals surface area contributed by atoms with Gasteiger partial charge in [-0.05, 0) is 33.7 Å². The van der Waals surface area contributed by atoms with Crippen molar-refractivity contribution in [3.8, 4) is 0 Å². The molecule has 5 heteroatoms. The van der Waals surface area contributed by atoms with E-state index in [0.29, 0.717) is 0 Å². The molecule has 3 nitrogen and oxygen atoms in total. The zero-order chi connectivity index (χ0) is 8.65. The van der Waals surface area contributed by atoms with Crippen LogP contribution in [0.1, 0.15) is 0 Å². The van der Waals surface area contributed by atoms with Gasteiger partial charge in [-0.2, -0.15) is 10.2 Å². The van der Waals surface area contributed by atoms with Crippen LogP contribution >= 0.6 is 21.6 Å². The number of hydrogen-bond acceptors (Lipinski definition) is 5. The topological polar surface area (TPSA) is 37.6 Å². The van der Waals surface area contributed by atoms with Crippen LogP contribution in [-0.2, 0) is 0 Å². The summed E-state index contributed by atoms with van der Waals surface area (Å²) in [5.41, 5.74) is 1.63. The van der Waals surface area contributed by atoms with Gasteiger partial charge in [0.05, 0.1) is 5.55 Å².